The number of nitrogens with zero attached hydrogens (tertiary/aromatic N) is 1. The number of fused-ring (bicyclic) bond motifs is 3. The van der Waals surface area contributed by atoms with Crippen molar-refractivity contribution in [3.63, 3.8) is 0 Å². The third-order valence-corrected chi connectivity index (χ3v) is 4.79. The summed E-state index contributed by atoms with van der Waals surface area (Å²) in [5.74, 6) is 0.979. The Morgan fingerprint density at radius 2 is 2.23 bits per heavy atom. The Bertz CT molecular complexity index is 713. The van der Waals surface area contributed by atoms with Crippen molar-refractivity contribution in [2.45, 2.75) is 25.5 Å². The van der Waals surface area contributed by atoms with Crippen LogP contribution in [0, 0.1) is 5.92 Å². The van der Waals surface area contributed by atoms with Crippen molar-refractivity contribution in [1.82, 2.24) is 0 Å². The highest BCUT2D eigenvalue weighted by atomic mass is 35.5. The Kier molecular flexibility index (Phi) is 3.24. The summed E-state index contributed by atoms with van der Waals surface area (Å²) in [5, 5.41) is 0.660. The largest absolute Gasteiger partial charge is 0.467 e. The highest BCUT2D eigenvalue weighted by Crippen LogP contribution is 2.53. The van der Waals surface area contributed by atoms with Crippen LogP contribution in [0.3, 0.4) is 0 Å². The number of amides is 1. The molecule has 5 heteroatoms. The molecule has 22 heavy (non-hydrogen) atoms. The van der Waals surface area contributed by atoms with E-state index in [1.54, 1.807) is 13.2 Å². The van der Waals surface area contributed by atoms with Crippen molar-refractivity contribution >= 4 is 23.2 Å². The Balaban J connectivity index is 1.92. The fraction of sp³-hybridized carbons (Fsp3) is 0.353. The van der Waals surface area contributed by atoms with E-state index in [1.165, 1.54) is 0 Å². The maximum Gasteiger partial charge on any atom is 0.224 e. The van der Waals surface area contributed by atoms with Gasteiger partial charge >= 0.3 is 0 Å². The van der Waals surface area contributed by atoms with E-state index < -0.39 is 0 Å². The van der Waals surface area contributed by atoms with E-state index in [2.05, 4.69) is 0 Å². The quantitative estimate of drug-likeness (QED) is 0.794. The smallest absolute Gasteiger partial charge is 0.224 e. The summed E-state index contributed by atoms with van der Waals surface area (Å²) in [5.41, 5.74) is 1.86. The molecule has 1 amide bonds. The van der Waals surface area contributed by atoms with Gasteiger partial charge in [0.2, 0.25) is 5.91 Å². The molecular weight excluding hydrogens is 302 g/mol. The van der Waals surface area contributed by atoms with Gasteiger partial charge in [0.05, 0.1) is 18.1 Å². The fourth-order valence-corrected chi connectivity index (χ4v) is 3.91. The maximum atomic E-state index is 12.4. The minimum atomic E-state index is -0.131. The molecule has 3 atom stereocenters. The van der Waals surface area contributed by atoms with Crippen LogP contribution in [0.2, 0.25) is 5.02 Å². The summed E-state index contributed by atoms with van der Waals surface area (Å²) >= 11 is 6.15. The molecule has 0 aliphatic carbocycles. The van der Waals surface area contributed by atoms with Crippen LogP contribution in [0.5, 0.6) is 0 Å². The zero-order valence-electron chi connectivity index (χ0n) is 12.2. The first-order chi connectivity index (χ1) is 10.7. The zero-order valence-corrected chi connectivity index (χ0v) is 12.9. The molecule has 0 spiro atoms. The Hall–Kier alpha value is -1.78. The summed E-state index contributed by atoms with van der Waals surface area (Å²) in [4.78, 5) is 14.2. The summed E-state index contributed by atoms with van der Waals surface area (Å²) in [6, 6.07) is 9.27. The first-order valence-corrected chi connectivity index (χ1v) is 7.79. The van der Waals surface area contributed by atoms with Crippen LogP contribution < -0.4 is 4.90 Å². The molecule has 2 aromatic rings. The second-order valence-electron chi connectivity index (χ2n) is 5.80. The average Bonchev–Trinajstić information content (AvgIpc) is 3.17. The standard InChI is InChI=1S/C17H16ClNO3/c1-10(20)19-14-5-4-11(18)9-13(14)17-12(6-8-22-17)16(19)15-3-2-7-21-15/h2-5,7,9,12,16-17H,6,8H2,1H3/t12-,16-,17-/m1/s1. The van der Waals surface area contributed by atoms with Crippen molar-refractivity contribution < 1.29 is 13.9 Å². The van der Waals surface area contributed by atoms with Gasteiger partial charge in [0, 0.05) is 30.0 Å². The van der Waals surface area contributed by atoms with Gasteiger partial charge in [-0.15, -0.1) is 0 Å². The molecule has 0 radical (unpaired) electrons. The topological polar surface area (TPSA) is 42.7 Å². The molecule has 4 rings (SSSR count). The number of benzene rings is 1. The number of halogens is 1. The Morgan fingerprint density at radius 1 is 1.36 bits per heavy atom. The van der Waals surface area contributed by atoms with Crippen LogP contribution in [0.15, 0.2) is 41.0 Å². The molecule has 0 bridgehead atoms. The van der Waals surface area contributed by atoms with Crippen LogP contribution in [0.25, 0.3) is 0 Å². The van der Waals surface area contributed by atoms with Crippen molar-refractivity contribution in [3.8, 4) is 0 Å². The number of carbonyl (C=O) groups excluding carboxylic acids is 1. The van der Waals surface area contributed by atoms with Crippen molar-refractivity contribution in [1.29, 1.82) is 0 Å². The minimum Gasteiger partial charge on any atom is -0.467 e. The average molecular weight is 318 g/mol. The van der Waals surface area contributed by atoms with Crippen LogP contribution in [0.4, 0.5) is 5.69 Å². The Labute approximate surface area is 133 Å². The fourth-order valence-electron chi connectivity index (χ4n) is 3.73. The molecule has 0 unspecified atom stereocenters. The lowest BCUT2D eigenvalue weighted by atomic mass is 9.81. The lowest BCUT2D eigenvalue weighted by Crippen LogP contribution is -2.42. The number of rotatable bonds is 1. The minimum absolute atomic E-state index is 0.00433. The van der Waals surface area contributed by atoms with Gasteiger partial charge in [-0.1, -0.05) is 11.6 Å². The number of ether oxygens (including phenoxy) is 1. The molecule has 0 N–H and O–H groups in total. The van der Waals surface area contributed by atoms with E-state index in [9.17, 15) is 4.79 Å². The van der Waals surface area contributed by atoms with Gasteiger partial charge in [-0.05, 0) is 36.8 Å². The number of hydrogen-bond donors (Lipinski definition) is 0. The van der Waals surface area contributed by atoms with E-state index in [-0.39, 0.29) is 24.0 Å². The Morgan fingerprint density at radius 3 is 2.95 bits per heavy atom. The van der Waals surface area contributed by atoms with Gasteiger partial charge < -0.3 is 14.1 Å². The van der Waals surface area contributed by atoms with Gasteiger partial charge in [0.1, 0.15) is 11.8 Å². The van der Waals surface area contributed by atoms with E-state index in [0.717, 1.165) is 23.4 Å². The molecule has 3 heterocycles. The monoisotopic (exact) mass is 317 g/mol. The van der Waals surface area contributed by atoms with E-state index in [4.69, 9.17) is 20.8 Å². The molecule has 0 saturated carbocycles. The molecule has 1 saturated heterocycles. The highest BCUT2D eigenvalue weighted by molar-refractivity contribution is 6.30. The van der Waals surface area contributed by atoms with Gasteiger partial charge in [0.25, 0.3) is 0 Å². The molecule has 1 aromatic carbocycles. The van der Waals surface area contributed by atoms with E-state index >= 15 is 0 Å². The van der Waals surface area contributed by atoms with Crippen molar-refractivity contribution in [3.05, 3.63) is 52.9 Å². The van der Waals surface area contributed by atoms with Gasteiger partial charge in [0.15, 0.2) is 0 Å². The van der Waals surface area contributed by atoms with E-state index in [1.807, 2.05) is 35.2 Å². The predicted molar refractivity (Wildman–Crippen MR) is 82.9 cm³/mol. The molecule has 114 valence electrons. The van der Waals surface area contributed by atoms with Crippen molar-refractivity contribution in [2.24, 2.45) is 5.92 Å². The zero-order chi connectivity index (χ0) is 15.3. The number of hydrogen-bond acceptors (Lipinski definition) is 3. The molecule has 2 aliphatic heterocycles. The molecule has 4 nitrogen and oxygen atoms in total. The normalized spacial score (nSPS) is 26.6. The molecule has 2 aliphatic rings. The number of carbonyl (C=O) groups is 1. The third-order valence-electron chi connectivity index (χ3n) is 4.55. The van der Waals surface area contributed by atoms with E-state index in [0.29, 0.717) is 11.6 Å². The van der Waals surface area contributed by atoms with Gasteiger partial charge in [-0.25, -0.2) is 0 Å². The summed E-state index contributed by atoms with van der Waals surface area (Å²) in [6.45, 7) is 2.27. The van der Waals surface area contributed by atoms with Crippen molar-refractivity contribution in [2.75, 3.05) is 11.5 Å². The van der Waals surface area contributed by atoms with Crippen LogP contribution >= 0.6 is 11.6 Å². The molecule has 1 fully saturated rings. The summed E-state index contributed by atoms with van der Waals surface area (Å²) in [6.07, 6.45) is 2.50. The second-order valence-corrected chi connectivity index (χ2v) is 6.23. The molecule has 1 aromatic heterocycles. The predicted octanol–water partition coefficient (Wildman–Crippen LogP) is 4.12. The lowest BCUT2D eigenvalue weighted by Gasteiger charge is -2.42. The lowest BCUT2D eigenvalue weighted by molar-refractivity contribution is -0.117. The SMILES string of the molecule is CC(=O)N1c2ccc(Cl)cc2[C@@H]2OCC[C@@H]2[C@@H]1c1ccco1. The number of anilines is 1. The summed E-state index contributed by atoms with van der Waals surface area (Å²) in [7, 11) is 0. The van der Waals surface area contributed by atoms with Crippen LogP contribution in [-0.4, -0.2) is 12.5 Å². The maximum absolute atomic E-state index is 12.4. The van der Waals surface area contributed by atoms with Gasteiger partial charge in [-0.3, -0.25) is 4.79 Å². The first kappa shape index (κ1) is 13.9. The van der Waals surface area contributed by atoms with Crippen LogP contribution in [-0.2, 0) is 9.53 Å². The van der Waals surface area contributed by atoms with Crippen LogP contribution in [0.1, 0.15) is 36.8 Å². The third kappa shape index (κ3) is 1.98. The summed E-state index contributed by atoms with van der Waals surface area (Å²) < 4.78 is 11.6. The van der Waals surface area contributed by atoms with Gasteiger partial charge in [-0.2, -0.15) is 0 Å². The highest BCUT2D eigenvalue weighted by Gasteiger charge is 2.47. The second kappa shape index (κ2) is 5.14. The number of furan rings is 1. The molecular formula is C17H16ClNO3. The first-order valence-electron chi connectivity index (χ1n) is 7.41.